The van der Waals surface area contributed by atoms with Gasteiger partial charge in [0.05, 0.1) is 0 Å². The van der Waals surface area contributed by atoms with E-state index in [2.05, 4.69) is 50.3 Å². The number of benzene rings is 1. The second-order valence-electron chi connectivity index (χ2n) is 9.54. The molecule has 0 heterocycles. The Kier molecular flexibility index (Phi) is 8.06. The lowest BCUT2D eigenvalue weighted by atomic mass is 9.51. The van der Waals surface area contributed by atoms with Crippen molar-refractivity contribution in [2.45, 2.75) is 109 Å². The van der Waals surface area contributed by atoms with Crippen molar-refractivity contribution in [1.29, 1.82) is 0 Å². The molecule has 0 saturated heterocycles. The quantitative estimate of drug-likeness (QED) is 0.260. The monoisotopic (exact) mass is 382 g/mol. The number of ether oxygens (including phenoxy) is 1. The molecule has 1 heteroatoms. The van der Waals surface area contributed by atoms with Crippen LogP contribution >= 0.6 is 0 Å². The summed E-state index contributed by atoms with van der Waals surface area (Å²) in [6, 6.07) is 9.10. The molecule has 3 aliphatic carbocycles. The van der Waals surface area contributed by atoms with Gasteiger partial charge in [-0.25, -0.2) is 0 Å². The highest BCUT2D eigenvalue weighted by atomic mass is 16.5. The number of allylic oxidation sites excluding steroid dienone is 1. The van der Waals surface area contributed by atoms with Crippen molar-refractivity contribution >= 4 is 0 Å². The molecule has 0 aromatic heterocycles. The average Bonchev–Trinajstić information content (AvgIpc) is 2.75. The van der Waals surface area contributed by atoms with Gasteiger partial charge in [0.15, 0.2) is 0 Å². The first-order valence-electron chi connectivity index (χ1n) is 12.1. The minimum absolute atomic E-state index is 0.462. The third kappa shape index (κ3) is 5.43. The van der Waals surface area contributed by atoms with E-state index in [9.17, 15) is 0 Å². The second-order valence-corrected chi connectivity index (χ2v) is 9.54. The normalized spacial score (nSPS) is 26.8. The first-order valence-corrected chi connectivity index (χ1v) is 12.1. The van der Waals surface area contributed by atoms with Crippen LogP contribution in [0.25, 0.3) is 0 Å². The van der Waals surface area contributed by atoms with E-state index in [4.69, 9.17) is 4.74 Å². The van der Waals surface area contributed by atoms with Gasteiger partial charge in [-0.1, -0.05) is 76.7 Å². The summed E-state index contributed by atoms with van der Waals surface area (Å²) in [4.78, 5) is 0. The van der Waals surface area contributed by atoms with Crippen LogP contribution in [0.1, 0.15) is 109 Å². The summed E-state index contributed by atoms with van der Waals surface area (Å²) in [6.07, 6.45) is 23.9. The molecule has 0 atom stereocenters. The molecule has 0 unspecified atom stereocenters. The Morgan fingerprint density at radius 1 is 0.786 bits per heavy atom. The second kappa shape index (κ2) is 10.5. The van der Waals surface area contributed by atoms with E-state index in [-0.39, 0.29) is 0 Å². The molecule has 156 valence electrons. The zero-order valence-electron chi connectivity index (χ0n) is 18.5. The Morgan fingerprint density at radius 3 is 2.11 bits per heavy atom. The summed E-state index contributed by atoms with van der Waals surface area (Å²) < 4.78 is 5.87. The molecule has 0 N–H and O–H groups in total. The van der Waals surface area contributed by atoms with Crippen molar-refractivity contribution in [3.8, 4) is 5.75 Å². The SMILES string of the molecule is CCCC=CCOc1ccc(C23CCC(CCCCCCC)(CC2)CC3)cc1. The fourth-order valence-corrected chi connectivity index (χ4v) is 5.58. The largest absolute Gasteiger partial charge is 0.490 e. The van der Waals surface area contributed by atoms with Gasteiger partial charge in [0.1, 0.15) is 12.4 Å². The van der Waals surface area contributed by atoms with Gasteiger partial charge in [0.25, 0.3) is 0 Å². The first-order chi connectivity index (χ1) is 13.7. The molecule has 1 aromatic rings. The lowest BCUT2D eigenvalue weighted by Crippen LogP contribution is -2.44. The summed E-state index contributed by atoms with van der Waals surface area (Å²) >= 11 is 0. The van der Waals surface area contributed by atoms with E-state index >= 15 is 0 Å². The highest BCUT2D eigenvalue weighted by Crippen LogP contribution is 2.59. The van der Waals surface area contributed by atoms with Crippen LogP contribution in [-0.2, 0) is 5.41 Å². The molecule has 2 bridgehead atoms. The molecule has 0 radical (unpaired) electrons. The summed E-state index contributed by atoms with van der Waals surface area (Å²) in [5, 5.41) is 0. The van der Waals surface area contributed by atoms with Crippen LogP contribution in [0.3, 0.4) is 0 Å². The van der Waals surface area contributed by atoms with E-state index in [0.717, 1.165) is 12.2 Å². The zero-order valence-corrected chi connectivity index (χ0v) is 18.5. The standard InChI is InChI=1S/C27H42O/c1-3-5-7-9-10-16-26-17-20-27(21-18-26,22-19-26)24-12-14-25(15-13-24)28-23-11-8-6-4-2/h8,11-15H,3-7,9-10,16-23H2,1-2H3. The smallest absolute Gasteiger partial charge is 0.119 e. The minimum atomic E-state index is 0.462. The van der Waals surface area contributed by atoms with Crippen molar-refractivity contribution in [3.63, 3.8) is 0 Å². The fourth-order valence-electron chi connectivity index (χ4n) is 5.58. The first kappa shape index (κ1) is 21.5. The van der Waals surface area contributed by atoms with Crippen molar-refractivity contribution in [1.82, 2.24) is 0 Å². The van der Waals surface area contributed by atoms with Crippen LogP contribution in [0.15, 0.2) is 36.4 Å². The third-order valence-corrected chi connectivity index (χ3v) is 7.65. The van der Waals surface area contributed by atoms with Crippen LogP contribution in [-0.4, -0.2) is 6.61 Å². The van der Waals surface area contributed by atoms with Crippen LogP contribution in [0, 0.1) is 5.41 Å². The van der Waals surface area contributed by atoms with Crippen molar-refractivity contribution in [3.05, 3.63) is 42.0 Å². The highest BCUT2D eigenvalue weighted by molar-refractivity contribution is 5.34. The predicted octanol–water partition coefficient (Wildman–Crippen LogP) is 8.37. The Bertz CT molecular complexity index is 573. The summed E-state index contributed by atoms with van der Waals surface area (Å²) in [7, 11) is 0. The maximum atomic E-state index is 5.87. The summed E-state index contributed by atoms with van der Waals surface area (Å²) in [5.74, 6) is 1.01. The van der Waals surface area contributed by atoms with E-state index in [1.165, 1.54) is 83.5 Å². The molecule has 0 amide bonds. The molecule has 4 rings (SSSR count). The van der Waals surface area contributed by atoms with E-state index in [1.807, 2.05) is 0 Å². The Hall–Kier alpha value is -1.24. The van der Waals surface area contributed by atoms with Gasteiger partial charge in [-0.05, 0) is 79.9 Å². The molecule has 1 aromatic carbocycles. The minimum Gasteiger partial charge on any atom is -0.490 e. The van der Waals surface area contributed by atoms with Crippen LogP contribution in [0.5, 0.6) is 5.75 Å². The van der Waals surface area contributed by atoms with Crippen LogP contribution in [0.4, 0.5) is 0 Å². The third-order valence-electron chi connectivity index (χ3n) is 7.65. The molecule has 28 heavy (non-hydrogen) atoms. The van der Waals surface area contributed by atoms with Crippen molar-refractivity contribution in [2.75, 3.05) is 6.61 Å². The number of hydrogen-bond donors (Lipinski definition) is 0. The van der Waals surface area contributed by atoms with Gasteiger partial charge in [-0.15, -0.1) is 0 Å². The Balaban J connectivity index is 1.48. The van der Waals surface area contributed by atoms with Crippen molar-refractivity contribution in [2.24, 2.45) is 5.41 Å². The topological polar surface area (TPSA) is 9.23 Å². The fraction of sp³-hybridized carbons (Fsp3) is 0.704. The number of unbranched alkanes of at least 4 members (excludes halogenated alkanes) is 5. The van der Waals surface area contributed by atoms with Crippen LogP contribution in [0.2, 0.25) is 0 Å². The molecular weight excluding hydrogens is 340 g/mol. The molecule has 3 aliphatic rings. The number of fused-ring (bicyclic) bond motifs is 3. The maximum Gasteiger partial charge on any atom is 0.119 e. The van der Waals surface area contributed by atoms with Gasteiger partial charge < -0.3 is 4.74 Å². The summed E-state index contributed by atoms with van der Waals surface area (Å²) in [5.41, 5.74) is 2.73. The van der Waals surface area contributed by atoms with Gasteiger partial charge in [0, 0.05) is 0 Å². The number of hydrogen-bond acceptors (Lipinski definition) is 1. The zero-order chi connectivity index (χ0) is 19.7. The van der Waals surface area contributed by atoms with Gasteiger partial charge in [-0.2, -0.15) is 0 Å². The Labute approximate surface area is 174 Å². The molecule has 0 spiro atoms. The molecular formula is C27H42O. The molecule has 1 nitrogen and oxygen atoms in total. The molecule has 3 fully saturated rings. The number of rotatable bonds is 12. The lowest BCUT2D eigenvalue weighted by molar-refractivity contribution is 0.0304. The maximum absolute atomic E-state index is 5.87. The van der Waals surface area contributed by atoms with Gasteiger partial charge in [0.2, 0.25) is 0 Å². The molecule has 3 saturated carbocycles. The van der Waals surface area contributed by atoms with E-state index < -0.39 is 0 Å². The van der Waals surface area contributed by atoms with Crippen molar-refractivity contribution < 1.29 is 4.74 Å². The van der Waals surface area contributed by atoms with Crippen LogP contribution < -0.4 is 4.74 Å². The Morgan fingerprint density at radius 2 is 1.46 bits per heavy atom. The average molecular weight is 383 g/mol. The summed E-state index contributed by atoms with van der Waals surface area (Å²) in [6.45, 7) is 5.20. The predicted molar refractivity (Wildman–Crippen MR) is 121 cm³/mol. The molecule has 0 aliphatic heterocycles. The van der Waals surface area contributed by atoms with E-state index in [0.29, 0.717) is 17.4 Å². The highest BCUT2D eigenvalue weighted by Gasteiger charge is 2.48. The van der Waals surface area contributed by atoms with E-state index in [1.54, 1.807) is 5.56 Å². The van der Waals surface area contributed by atoms with Gasteiger partial charge >= 0.3 is 0 Å². The van der Waals surface area contributed by atoms with Gasteiger partial charge in [-0.3, -0.25) is 0 Å². The lowest BCUT2D eigenvalue weighted by Gasteiger charge is -2.54.